The number of ether oxygens (including phenoxy) is 2. The van der Waals surface area contributed by atoms with Crippen LogP contribution in [-0.4, -0.2) is 39.9 Å². The maximum atomic E-state index is 11.2. The molecule has 1 aliphatic rings. The molecule has 0 aromatic heterocycles. The lowest BCUT2D eigenvalue weighted by molar-refractivity contribution is -0.146. The molecule has 1 aliphatic heterocycles. The number of esters is 2. The third-order valence-corrected chi connectivity index (χ3v) is 5.01. The highest BCUT2D eigenvalue weighted by molar-refractivity contribution is 8.69. The first-order chi connectivity index (χ1) is 6.99. The minimum Gasteiger partial charge on any atom is -0.465 e. The van der Waals surface area contributed by atoms with Gasteiger partial charge in [-0.2, -0.15) is 0 Å². The third kappa shape index (κ3) is 4.21. The van der Waals surface area contributed by atoms with Gasteiger partial charge in [-0.05, 0) is 0 Å². The van der Waals surface area contributed by atoms with Crippen molar-refractivity contribution in [1.29, 1.82) is 0 Å². The van der Waals surface area contributed by atoms with Crippen LogP contribution in [0.5, 0.6) is 0 Å². The molecule has 1 saturated heterocycles. The summed E-state index contributed by atoms with van der Waals surface area (Å²) in [5, 5.41) is -0.223. The molecule has 0 aromatic carbocycles. The third-order valence-electron chi connectivity index (χ3n) is 1.71. The van der Waals surface area contributed by atoms with Gasteiger partial charge in [0.1, 0.15) is 12.7 Å². The summed E-state index contributed by atoms with van der Waals surface area (Å²) in [5.41, 5.74) is 0. The van der Waals surface area contributed by atoms with Crippen molar-refractivity contribution in [2.75, 3.05) is 12.4 Å². The fraction of sp³-hybridized carbons (Fsp3) is 0.750. The summed E-state index contributed by atoms with van der Waals surface area (Å²) in [4.78, 5) is 21.3. The molecule has 3 atom stereocenters. The van der Waals surface area contributed by atoms with Gasteiger partial charge in [-0.25, -0.2) is 4.21 Å². The molecule has 86 valence electrons. The van der Waals surface area contributed by atoms with E-state index in [1.54, 1.807) is 0 Å². The SMILES string of the molecule is CC(=O)OC[C@H]1SS(=O)C[C@H]1OC(C)=O. The second-order valence-electron chi connectivity index (χ2n) is 3.06. The van der Waals surface area contributed by atoms with Crippen molar-refractivity contribution in [2.24, 2.45) is 0 Å². The highest BCUT2D eigenvalue weighted by Crippen LogP contribution is 2.30. The van der Waals surface area contributed by atoms with E-state index < -0.39 is 27.9 Å². The van der Waals surface area contributed by atoms with Crippen LogP contribution in [0.25, 0.3) is 0 Å². The van der Waals surface area contributed by atoms with Crippen molar-refractivity contribution < 1.29 is 23.3 Å². The predicted molar refractivity (Wildman–Crippen MR) is 56.6 cm³/mol. The van der Waals surface area contributed by atoms with Gasteiger partial charge in [-0.15, -0.1) is 0 Å². The van der Waals surface area contributed by atoms with E-state index >= 15 is 0 Å². The Morgan fingerprint density at radius 2 is 2.07 bits per heavy atom. The summed E-state index contributed by atoms with van der Waals surface area (Å²) in [6.45, 7) is 2.73. The van der Waals surface area contributed by atoms with E-state index in [-0.39, 0.29) is 11.9 Å². The van der Waals surface area contributed by atoms with Gasteiger partial charge in [0.2, 0.25) is 0 Å². The normalized spacial score (nSPS) is 29.9. The standard InChI is InChI=1S/C8H12O5S2/c1-5(9)12-3-8-7(13-6(2)10)4-15(11)14-8/h7-8H,3-4H2,1-2H3/t7-,8-,15?/m1/s1. The van der Waals surface area contributed by atoms with Crippen LogP contribution < -0.4 is 0 Å². The molecule has 0 spiro atoms. The molecule has 1 heterocycles. The van der Waals surface area contributed by atoms with Gasteiger partial charge in [0.25, 0.3) is 0 Å². The average Bonchev–Trinajstić information content (AvgIpc) is 2.41. The lowest BCUT2D eigenvalue weighted by atomic mass is 10.3. The first kappa shape index (κ1) is 12.5. The van der Waals surface area contributed by atoms with Crippen LogP contribution in [0.1, 0.15) is 13.8 Å². The second kappa shape index (κ2) is 5.50. The smallest absolute Gasteiger partial charge is 0.302 e. The lowest BCUT2D eigenvalue weighted by Crippen LogP contribution is -2.30. The molecule has 0 aliphatic carbocycles. The van der Waals surface area contributed by atoms with E-state index in [4.69, 9.17) is 9.47 Å². The van der Waals surface area contributed by atoms with Crippen molar-refractivity contribution in [3.63, 3.8) is 0 Å². The number of hydrogen-bond acceptors (Lipinski definition) is 6. The highest BCUT2D eigenvalue weighted by atomic mass is 33.1. The maximum Gasteiger partial charge on any atom is 0.302 e. The first-order valence-electron chi connectivity index (χ1n) is 4.35. The van der Waals surface area contributed by atoms with Crippen LogP contribution in [0.15, 0.2) is 0 Å². The van der Waals surface area contributed by atoms with Crippen LogP contribution in [0.3, 0.4) is 0 Å². The van der Waals surface area contributed by atoms with Gasteiger partial charge in [0.05, 0.1) is 20.8 Å². The van der Waals surface area contributed by atoms with Gasteiger partial charge in [-0.3, -0.25) is 9.59 Å². The van der Waals surface area contributed by atoms with Crippen LogP contribution in [0.4, 0.5) is 0 Å². The monoisotopic (exact) mass is 252 g/mol. The van der Waals surface area contributed by atoms with Gasteiger partial charge in [-0.1, -0.05) is 10.8 Å². The van der Waals surface area contributed by atoms with Gasteiger partial charge in [0, 0.05) is 13.8 Å². The number of hydrogen-bond donors (Lipinski definition) is 0. The minimum absolute atomic E-state index is 0.129. The van der Waals surface area contributed by atoms with E-state index in [9.17, 15) is 13.8 Å². The number of carbonyl (C=O) groups excluding carboxylic acids is 2. The molecule has 15 heavy (non-hydrogen) atoms. The average molecular weight is 252 g/mol. The van der Waals surface area contributed by atoms with Crippen molar-refractivity contribution >= 4 is 32.6 Å². The Labute approximate surface area is 93.7 Å². The minimum atomic E-state index is -1.07. The summed E-state index contributed by atoms with van der Waals surface area (Å²) in [7, 11) is 0.109. The molecule has 0 aromatic rings. The Balaban J connectivity index is 2.48. The van der Waals surface area contributed by atoms with Gasteiger partial charge < -0.3 is 9.47 Å². The molecule has 1 unspecified atom stereocenters. The van der Waals surface area contributed by atoms with Crippen molar-refractivity contribution in [2.45, 2.75) is 25.2 Å². The van der Waals surface area contributed by atoms with Crippen LogP contribution in [-0.2, 0) is 28.9 Å². The second-order valence-corrected chi connectivity index (χ2v) is 6.49. The number of rotatable bonds is 3. The maximum absolute atomic E-state index is 11.2. The van der Waals surface area contributed by atoms with E-state index in [1.165, 1.54) is 24.6 Å². The lowest BCUT2D eigenvalue weighted by Gasteiger charge is -2.16. The fourth-order valence-corrected chi connectivity index (χ4v) is 4.59. The zero-order valence-corrected chi connectivity index (χ0v) is 10.1. The molecule has 1 fully saturated rings. The fourth-order valence-electron chi connectivity index (χ4n) is 1.14. The summed E-state index contributed by atoms with van der Waals surface area (Å²) in [6.07, 6.45) is -0.423. The Bertz CT molecular complexity index is 291. The van der Waals surface area contributed by atoms with Gasteiger partial charge >= 0.3 is 11.9 Å². The van der Waals surface area contributed by atoms with Crippen molar-refractivity contribution in [3.05, 3.63) is 0 Å². The molecule has 0 saturated carbocycles. The Morgan fingerprint density at radius 3 is 2.60 bits per heavy atom. The van der Waals surface area contributed by atoms with Crippen LogP contribution >= 0.6 is 10.8 Å². The van der Waals surface area contributed by atoms with Crippen LogP contribution in [0, 0.1) is 0 Å². The molecule has 5 nitrogen and oxygen atoms in total. The van der Waals surface area contributed by atoms with Crippen molar-refractivity contribution in [3.8, 4) is 0 Å². The van der Waals surface area contributed by atoms with E-state index in [2.05, 4.69) is 0 Å². The summed E-state index contributed by atoms with van der Waals surface area (Å²) in [5.74, 6) is -0.502. The molecule has 0 N–H and O–H groups in total. The highest BCUT2D eigenvalue weighted by Gasteiger charge is 2.36. The molecular weight excluding hydrogens is 240 g/mol. The zero-order chi connectivity index (χ0) is 11.4. The van der Waals surface area contributed by atoms with E-state index in [0.29, 0.717) is 5.75 Å². The zero-order valence-electron chi connectivity index (χ0n) is 8.43. The summed E-state index contributed by atoms with van der Waals surface area (Å²) in [6, 6.07) is 0. The quantitative estimate of drug-likeness (QED) is 0.530. The molecule has 7 heteroatoms. The Kier molecular flexibility index (Phi) is 4.59. The predicted octanol–water partition coefficient (Wildman–Crippen LogP) is 0.260. The summed E-state index contributed by atoms with van der Waals surface area (Å²) < 4.78 is 21.0. The van der Waals surface area contributed by atoms with E-state index in [1.807, 2.05) is 0 Å². The number of carbonyl (C=O) groups is 2. The molecule has 0 bridgehead atoms. The first-order valence-corrected chi connectivity index (χ1v) is 7.06. The molecule has 1 rings (SSSR count). The topological polar surface area (TPSA) is 69.7 Å². The van der Waals surface area contributed by atoms with Crippen molar-refractivity contribution in [1.82, 2.24) is 0 Å². The molecule has 0 radical (unpaired) electrons. The van der Waals surface area contributed by atoms with Crippen LogP contribution in [0.2, 0.25) is 0 Å². The summed E-state index contributed by atoms with van der Waals surface area (Å²) >= 11 is 0. The Morgan fingerprint density at radius 1 is 1.40 bits per heavy atom. The molecular formula is C8H12O5S2. The van der Waals surface area contributed by atoms with Gasteiger partial charge in [0.15, 0.2) is 0 Å². The largest absolute Gasteiger partial charge is 0.465 e. The Hall–Kier alpha value is -0.560. The van der Waals surface area contributed by atoms with E-state index in [0.717, 1.165) is 0 Å². The molecule has 0 amide bonds.